The third-order valence-corrected chi connectivity index (χ3v) is 2.95. The lowest BCUT2D eigenvalue weighted by Crippen LogP contribution is -2.09. The molecule has 0 radical (unpaired) electrons. The molecule has 1 N–H and O–H groups in total. The number of hydrogen-bond acceptors (Lipinski definition) is 1. The molecule has 0 amide bonds. The lowest BCUT2D eigenvalue weighted by atomic mass is 10.4. The SMILES string of the molecule is C=C[SiH2]c1ccccc1.CCNCC. The molecule has 0 aliphatic heterocycles. The molecule has 0 saturated heterocycles. The molecule has 0 heterocycles. The molecule has 0 spiro atoms. The Morgan fingerprint density at radius 2 is 1.79 bits per heavy atom. The minimum atomic E-state index is -0.137. The molecular weight excluding hydrogens is 186 g/mol. The summed E-state index contributed by atoms with van der Waals surface area (Å²) in [6, 6.07) is 10.5. The Kier molecular flexibility index (Phi) is 9.59. The quantitative estimate of drug-likeness (QED) is 0.733. The minimum absolute atomic E-state index is 0.137. The first-order chi connectivity index (χ1) is 6.85. The third kappa shape index (κ3) is 7.77. The van der Waals surface area contributed by atoms with Gasteiger partial charge in [0, 0.05) is 0 Å². The van der Waals surface area contributed by atoms with E-state index >= 15 is 0 Å². The lowest BCUT2D eigenvalue weighted by molar-refractivity contribution is 0.762. The summed E-state index contributed by atoms with van der Waals surface area (Å²) in [5.74, 6) is 0. The van der Waals surface area contributed by atoms with Crippen molar-refractivity contribution in [2.75, 3.05) is 13.1 Å². The molecule has 0 aliphatic rings. The number of rotatable bonds is 4. The number of hydrogen-bond donors (Lipinski definition) is 1. The van der Waals surface area contributed by atoms with Gasteiger partial charge in [0.15, 0.2) is 0 Å². The van der Waals surface area contributed by atoms with E-state index in [4.69, 9.17) is 0 Å². The van der Waals surface area contributed by atoms with E-state index in [1.807, 2.05) is 6.07 Å². The third-order valence-electron chi connectivity index (χ3n) is 1.72. The van der Waals surface area contributed by atoms with Crippen LogP contribution in [0, 0.1) is 0 Å². The van der Waals surface area contributed by atoms with Gasteiger partial charge in [0.05, 0.1) is 9.52 Å². The van der Waals surface area contributed by atoms with Crippen molar-refractivity contribution in [1.29, 1.82) is 0 Å². The number of nitrogens with one attached hydrogen (secondary N) is 1. The van der Waals surface area contributed by atoms with E-state index in [1.165, 1.54) is 5.19 Å². The lowest BCUT2D eigenvalue weighted by Gasteiger charge is -1.90. The van der Waals surface area contributed by atoms with Crippen molar-refractivity contribution in [1.82, 2.24) is 5.32 Å². The van der Waals surface area contributed by atoms with E-state index in [-0.39, 0.29) is 9.52 Å². The van der Waals surface area contributed by atoms with Crippen molar-refractivity contribution in [3.05, 3.63) is 42.6 Å². The van der Waals surface area contributed by atoms with Gasteiger partial charge in [0.1, 0.15) is 0 Å². The Morgan fingerprint density at radius 1 is 1.21 bits per heavy atom. The van der Waals surface area contributed by atoms with Gasteiger partial charge in [0.2, 0.25) is 0 Å². The Labute approximate surface area is 90.1 Å². The van der Waals surface area contributed by atoms with E-state index in [1.54, 1.807) is 0 Å². The smallest absolute Gasteiger partial charge is 0.0775 e. The van der Waals surface area contributed by atoms with E-state index in [2.05, 4.69) is 55.7 Å². The van der Waals surface area contributed by atoms with Crippen molar-refractivity contribution in [3.63, 3.8) is 0 Å². The average Bonchev–Trinajstić information content (AvgIpc) is 2.22. The minimum Gasteiger partial charge on any atom is -0.317 e. The van der Waals surface area contributed by atoms with Gasteiger partial charge >= 0.3 is 0 Å². The highest BCUT2D eigenvalue weighted by Gasteiger charge is 1.83. The van der Waals surface area contributed by atoms with Crippen LogP contribution in [0.5, 0.6) is 0 Å². The van der Waals surface area contributed by atoms with Crippen molar-refractivity contribution in [3.8, 4) is 0 Å². The van der Waals surface area contributed by atoms with E-state index < -0.39 is 0 Å². The Bertz CT molecular complexity index is 219. The molecule has 0 bridgehead atoms. The van der Waals surface area contributed by atoms with Gasteiger partial charge in [-0.3, -0.25) is 0 Å². The molecule has 78 valence electrons. The van der Waals surface area contributed by atoms with E-state index in [0.29, 0.717) is 0 Å². The summed E-state index contributed by atoms with van der Waals surface area (Å²) in [4.78, 5) is 0. The van der Waals surface area contributed by atoms with Crippen LogP contribution in [0.2, 0.25) is 0 Å². The van der Waals surface area contributed by atoms with E-state index in [9.17, 15) is 0 Å². The largest absolute Gasteiger partial charge is 0.317 e. The average molecular weight is 207 g/mol. The number of benzene rings is 1. The molecule has 1 aromatic rings. The van der Waals surface area contributed by atoms with Crippen LogP contribution in [0.15, 0.2) is 42.6 Å². The van der Waals surface area contributed by atoms with Crippen molar-refractivity contribution in [2.45, 2.75) is 13.8 Å². The van der Waals surface area contributed by atoms with Gasteiger partial charge < -0.3 is 5.32 Å². The summed E-state index contributed by atoms with van der Waals surface area (Å²) in [5.41, 5.74) is 2.05. The molecule has 1 aromatic carbocycles. The fraction of sp³-hybridized carbons (Fsp3) is 0.333. The Morgan fingerprint density at radius 3 is 2.14 bits per heavy atom. The van der Waals surface area contributed by atoms with Crippen LogP contribution >= 0.6 is 0 Å². The van der Waals surface area contributed by atoms with Crippen LogP contribution in [-0.2, 0) is 0 Å². The second-order valence-electron chi connectivity index (χ2n) is 2.94. The van der Waals surface area contributed by atoms with Crippen LogP contribution in [0.4, 0.5) is 0 Å². The molecule has 1 rings (SSSR count). The first-order valence-electron chi connectivity index (χ1n) is 5.20. The molecule has 1 nitrogen and oxygen atoms in total. The van der Waals surface area contributed by atoms with Crippen molar-refractivity contribution >= 4 is 14.7 Å². The summed E-state index contributed by atoms with van der Waals surface area (Å²) in [7, 11) is -0.137. The van der Waals surface area contributed by atoms with Gasteiger partial charge in [-0.2, -0.15) is 0 Å². The summed E-state index contributed by atoms with van der Waals surface area (Å²) in [6.45, 7) is 10.1. The summed E-state index contributed by atoms with van der Waals surface area (Å²) in [5, 5.41) is 4.58. The molecule has 0 atom stereocenters. The Hall–Kier alpha value is -0.863. The molecule has 0 aromatic heterocycles. The van der Waals surface area contributed by atoms with Crippen LogP contribution in [-0.4, -0.2) is 22.6 Å². The fourth-order valence-electron chi connectivity index (χ4n) is 1.03. The van der Waals surface area contributed by atoms with Crippen LogP contribution < -0.4 is 10.5 Å². The second kappa shape index (κ2) is 10.2. The highest BCUT2D eigenvalue weighted by Crippen LogP contribution is 1.80. The second-order valence-corrected chi connectivity index (χ2v) is 4.74. The van der Waals surface area contributed by atoms with Gasteiger partial charge in [-0.1, -0.05) is 49.4 Å². The summed E-state index contributed by atoms with van der Waals surface area (Å²) in [6.07, 6.45) is 0. The van der Waals surface area contributed by atoms with Crippen LogP contribution in [0.1, 0.15) is 13.8 Å². The zero-order valence-corrected chi connectivity index (χ0v) is 10.7. The summed E-state index contributed by atoms with van der Waals surface area (Å²) < 4.78 is 0. The molecule has 0 aliphatic carbocycles. The molecule has 0 saturated carbocycles. The van der Waals surface area contributed by atoms with Gasteiger partial charge in [-0.25, -0.2) is 0 Å². The molecule has 0 fully saturated rings. The van der Waals surface area contributed by atoms with Crippen LogP contribution in [0.25, 0.3) is 0 Å². The highest BCUT2D eigenvalue weighted by molar-refractivity contribution is 6.58. The zero-order chi connectivity index (χ0) is 10.6. The summed E-state index contributed by atoms with van der Waals surface area (Å²) >= 11 is 0. The van der Waals surface area contributed by atoms with Gasteiger partial charge in [0.25, 0.3) is 0 Å². The molecular formula is C12H21NSi. The van der Waals surface area contributed by atoms with Gasteiger partial charge in [-0.05, 0) is 13.1 Å². The normalized spacial score (nSPS) is 9.57. The maximum absolute atomic E-state index is 3.72. The molecule has 2 heteroatoms. The van der Waals surface area contributed by atoms with Gasteiger partial charge in [-0.15, -0.1) is 12.3 Å². The first kappa shape index (κ1) is 13.1. The predicted molar refractivity (Wildman–Crippen MR) is 69.0 cm³/mol. The zero-order valence-electron chi connectivity index (χ0n) is 9.29. The van der Waals surface area contributed by atoms with Crippen LogP contribution in [0.3, 0.4) is 0 Å². The first-order valence-corrected chi connectivity index (χ1v) is 6.73. The topological polar surface area (TPSA) is 12.0 Å². The van der Waals surface area contributed by atoms with E-state index in [0.717, 1.165) is 13.1 Å². The predicted octanol–water partition coefficient (Wildman–Crippen LogP) is 1.24. The van der Waals surface area contributed by atoms with Crippen molar-refractivity contribution < 1.29 is 0 Å². The monoisotopic (exact) mass is 207 g/mol. The maximum Gasteiger partial charge on any atom is 0.0775 e. The highest BCUT2D eigenvalue weighted by atomic mass is 28.2. The molecule has 0 unspecified atom stereocenters. The van der Waals surface area contributed by atoms with Crippen molar-refractivity contribution in [2.24, 2.45) is 0 Å². The molecule has 14 heavy (non-hydrogen) atoms. The standard InChI is InChI=1S/C8H10Si.C4H11N/c1-2-9-8-6-4-3-5-7-8;1-3-5-4-2/h2-7H,1,9H2;5H,3-4H2,1-2H3. The fourth-order valence-corrected chi connectivity index (χ4v) is 1.91. The maximum atomic E-state index is 3.72. The Balaban J connectivity index is 0.000000292.